The third-order valence-corrected chi connectivity index (χ3v) is 8.34. The molecule has 7 rings (SSSR count). The first-order chi connectivity index (χ1) is 20.3. The molecular formula is C28H29F3N8O3. The molecule has 2 aliphatic heterocycles. The molecule has 0 aromatic carbocycles. The molecule has 1 N–H and O–H groups in total. The van der Waals surface area contributed by atoms with Crippen LogP contribution in [0.2, 0.25) is 0 Å². The van der Waals surface area contributed by atoms with Crippen molar-refractivity contribution in [2.75, 3.05) is 26.2 Å². The van der Waals surface area contributed by atoms with Crippen molar-refractivity contribution in [3.63, 3.8) is 0 Å². The molecule has 0 radical (unpaired) electrons. The molecule has 14 heteroatoms. The molecule has 220 valence electrons. The number of pyridine rings is 1. The minimum atomic E-state index is -4.62. The van der Waals surface area contributed by atoms with Gasteiger partial charge in [-0.15, -0.1) is 0 Å². The minimum Gasteiger partial charge on any atom is -0.474 e. The Balaban J connectivity index is 0.940. The van der Waals surface area contributed by atoms with Crippen molar-refractivity contribution < 1.29 is 27.4 Å². The third kappa shape index (κ3) is 5.26. The Hall–Kier alpha value is -4.20. The van der Waals surface area contributed by atoms with Crippen molar-refractivity contribution in [3.8, 4) is 17.1 Å². The standard InChI is InChI=1S/C28H29F3N8O3/c29-28(30,31)23-9-17(14-38-7-8-41-27(38)40)10-24(36-23)42-21-2-5-37(6-3-21)19-11-20(12-19)39-15-18(13-35-39)25-22-1-4-32-26(22)34-16-33-25/h1,4,9-10,13,15-16,19-21H,2-3,5-8,11-12,14H2,(H,32,33,34). The Morgan fingerprint density at radius 1 is 1.10 bits per heavy atom. The second kappa shape index (κ2) is 10.6. The van der Waals surface area contributed by atoms with Gasteiger partial charge in [0.1, 0.15) is 30.4 Å². The number of cyclic esters (lactones) is 1. The Labute approximate surface area is 238 Å². The molecule has 11 nitrogen and oxygen atoms in total. The number of rotatable bonds is 7. The van der Waals surface area contributed by atoms with Crippen LogP contribution < -0.4 is 4.74 Å². The summed E-state index contributed by atoms with van der Waals surface area (Å²) >= 11 is 0. The van der Waals surface area contributed by atoms with Crippen LogP contribution in [-0.4, -0.2) is 84.0 Å². The summed E-state index contributed by atoms with van der Waals surface area (Å²) in [5, 5.41) is 5.56. The van der Waals surface area contributed by atoms with Gasteiger partial charge < -0.3 is 19.4 Å². The molecule has 0 unspecified atom stereocenters. The van der Waals surface area contributed by atoms with Gasteiger partial charge in [-0.25, -0.2) is 19.7 Å². The summed E-state index contributed by atoms with van der Waals surface area (Å²) < 4.78 is 53.5. The predicted octanol–water partition coefficient (Wildman–Crippen LogP) is 4.43. The number of nitrogens with zero attached hydrogens (tertiary/aromatic N) is 7. The SMILES string of the molecule is O=C1OCCN1Cc1cc(OC2CCN(C3CC(n4cc(-c5ncnc6[nH]ccc56)cn4)C3)CC2)nc(C(F)(F)F)c1. The van der Waals surface area contributed by atoms with Gasteiger partial charge >= 0.3 is 12.3 Å². The van der Waals surface area contributed by atoms with E-state index in [9.17, 15) is 18.0 Å². The van der Waals surface area contributed by atoms with E-state index in [2.05, 4.69) is 29.9 Å². The number of aromatic nitrogens is 6. The molecule has 1 amide bonds. The fourth-order valence-electron chi connectivity index (χ4n) is 6.01. The van der Waals surface area contributed by atoms with Crippen molar-refractivity contribution in [3.05, 3.63) is 54.4 Å². The summed E-state index contributed by atoms with van der Waals surface area (Å²) in [7, 11) is 0. The average molecular weight is 583 g/mol. The number of alkyl halides is 3. The van der Waals surface area contributed by atoms with Gasteiger partial charge in [-0.1, -0.05) is 0 Å². The highest BCUT2D eigenvalue weighted by atomic mass is 19.4. The summed E-state index contributed by atoms with van der Waals surface area (Å²) in [4.78, 5) is 31.1. The smallest absolute Gasteiger partial charge is 0.433 e. The van der Waals surface area contributed by atoms with Gasteiger partial charge in [0.05, 0.1) is 24.5 Å². The maximum Gasteiger partial charge on any atom is 0.433 e. The van der Waals surface area contributed by atoms with Crippen LogP contribution in [0.4, 0.5) is 18.0 Å². The van der Waals surface area contributed by atoms with Gasteiger partial charge in [0.2, 0.25) is 5.88 Å². The number of nitrogens with one attached hydrogen (secondary N) is 1. The summed E-state index contributed by atoms with van der Waals surface area (Å²) in [6, 6.07) is 5.15. The van der Waals surface area contributed by atoms with E-state index in [4.69, 9.17) is 9.47 Å². The predicted molar refractivity (Wildman–Crippen MR) is 143 cm³/mol. The maximum absolute atomic E-state index is 13.5. The number of ether oxygens (including phenoxy) is 2. The highest BCUT2D eigenvalue weighted by Gasteiger charge is 2.38. The lowest BCUT2D eigenvalue weighted by molar-refractivity contribution is -0.141. The fraction of sp³-hybridized carbons (Fsp3) is 0.464. The first-order valence-corrected chi connectivity index (χ1v) is 14.0. The number of H-pyrrole nitrogens is 1. The zero-order valence-electron chi connectivity index (χ0n) is 22.6. The highest BCUT2D eigenvalue weighted by Crippen LogP contribution is 2.38. The normalized spacial score (nSPS) is 22.0. The number of amides is 1. The first-order valence-electron chi connectivity index (χ1n) is 14.0. The van der Waals surface area contributed by atoms with Crippen LogP contribution in [0.15, 0.2) is 43.1 Å². The Bertz CT molecular complexity index is 1590. The Morgan fingerprint density at radius 3 is 2.69 bits per heavy atom. The molecule has 1 aliphatic carbocycles. The first kappa shape index (κ1) is 26.7. The summed E-state index contributed by atoms with van der Waals surface area (Å²) in [5.74, 6) is -0.0652. The zero-order valence-corrected chi connectivity index (χ0v) is 22.6. The molecule has 3 aliphatic rings. The molecule has 4 aromatic heterocycles. The number of carbonyl (C=O) groups excluding carboxylic acids is 1. The van der Waals surface area contributed by atoms with Gasteiger partial charge in [-0.05, 0) is 43.4 Å². The number of hydrogen-bond donors (Lipinski definition) is 1. The lowest BCUT2D eigenvalue weighted by atomic mass is 9.84. The topological polar surface area (TPSA) is 114 Å². The molecule has 0 spiro atoms. The lowest BCUT2D eigenvalue weighted by Crippen LogP contribution is -2.50. The van der Waals surface area contributed by atoms with Crippen molar-refractivity contribution in [2.24, 2.45) is 0 Å². The quantitative estimate of drug-likeness (QED) is 0.340. The lowest BCUT2D eigenvalue weighted by Gasteiger charge is -2.45. The molecular weight excluding hydrogens is 553 g/mol. The number of fused-ring (bicyclic) bond motifs is 1. The van der Waals surface area contributed by atoms with Gasteiger partial charge in [-0.3, -0.25) is 9.58 Å². The van der Waals surface area contributed by atoms with E-state index in [-0.39, 0.29) is 25.1 Å². The van der Waals surface area contributed by atoms with Crippen LogP contribution in [0.1, 0.15) is 43.0 Å². The van der Waals surface area contributed by atoms with Crippen molar-refractivity contribution in [2.45, 2.75) is 56.6 Å². The highest BCUT2D eigenvalue weighted by molar-refractivity contribution is 5.89. The number of hydrogen-bond acceptors (Lipinski definition) is 8. The largest absolute Gasteiger partial charge is 0.474 e. The van der Waals surface area contributed by atoms with Crippen LogP contribution in [-0.2, 0) is 17.5 Å². The maximum atomic E-state index is 13.5. The Kier molecular flexibility index (Phi) is 6.72. The molecule has 1 saturated carbocycles. The van der Waals surface area contributed by atoms with Crippen LogP contribution in [0.3, 0.4) is 0 Å². The number of aromatic amines is 1. The van der Waals surface area contributed by atoms with E-state index in [1.54, 1.807) is 6.33 Å². The number of carbonyl (C=O) groups is 1. The molecule has 6 heterocycles. The summed E-state index contributed by atoms with van der Waals surface area (Å²) in [5.41, 5.74) is 1.88. The minimum absolute atomic E-state index is 0.00928. The van der Waals surface area contributed by atoms with E-state index in [0.29, 0.717) is 37.0 Å². The molecule has 42 heavy (non-hydrogen) atoms. The fourth-order valence-corrected chi connectivity index (χ4v) is 6.01. The zero-order chi connectivity index (χ0) is 28.8. The molecule has 0 atom stereocenters. The third-order valence-electron chi connectivity index (χ3n) is 8.34. The van der Waals surface area contributed by atoms with E-state index in [0.717, 1.165) is 54.3 Å². The second-order valence-electron chi connectivity index (χ2n) is 11.0. The van der Waals surface area contributed by atoms with Crippen LogP contribution >= 0.6 is 0 Å². The molecule has 0 bridgehead atoms. The van der Waals surface area contributed by atoms with E-state index in [1.807, 2.05) is 29.3 Å². The average Bonchev–Trinajstić information content (AvgIpc) is 3.70. The van der Waals surface area contributed by atoms with Gasteiger partial charge in [-0.2, -0.15) is 18.3 Å². The van der Waals surface area contributed by atoms with Crippen molar-refractivity contribution in [1.82, 2.24) is 39.5 Å². The van der Waals surface area contributed by atoms with Gasteiger partial charge in [0, 0.05) is 55.1 Å². The van der Waals surface area contributed by atoms with Crippen molar-refractivity contribution in [1.29, 1.82) is 0 Å². The van der Waals surface area contributed by atoms with Gasteiger partial charge in [0.15, 0.2) is 0 Å². The van der Waals surface area contributed by atoms with Crippen LogP contribution in [0, 0.1) is 0 Å². The monoisotopic (exact) mass is 582 g/mol. The number of halogens is 3. The van der Waals surface area contributed by atoms with Gasteiger partial charge in [0.25, 0.3) is 0 Å². The number of piperidine rings is 1. The summed E-state index contributed by atoms with van der Waals surface area (Å²) in [6.07, 6.45) is 5.23. The van der Waals surface area contributed by atoms with Crippen LogP contribution in [0.5, 0.6) is 5.88 Å². The summed E-state index contributed by atoms with van der Waals surface area (Å²) in [6.45, 7) is 2.16. The van der Waals surface area contributed by atoms with E-state index in [1.165, 1.54) is 11.0 Å². The number of likely N-dealkylation sites (tertiary alicyclic amines) is 1. The van der Waals surface area contributed by atoms with Crippen LogP contribution in [0.25, 0.3) is 22.3 Å². The van der Waals surface area contributed by atoms with Crippen molar-refractivity contribution >= 4 is 17.1 Å². The Morgan fingerprint density at radius 2 is 1.93 bits per heavy atom. The van der Waals surface area contributed by atoms with E-state index >= 15 is 0 Å². The van der Waals surface area contributed by atoms with E-state index < -0.39 is 18.0 Å². The molecule has 2 saturated heterocycles. The molecule has 3 fully saturated rings. The second-order valence-corrected chi connectivity index (χ2v) is 11.0. The molecule has 4 aromatic rings.